The minimum absolute atomic E-state index is 0.0628. The summed E-state index contributed by atoms with van der Waals surface area (Å²) < 4.78 is 41.8. The summed E-state index contributed by atoms with van der Waals surface area (Å²) in [6.45, 7) is 2.59. The average molecular weight is 463 g/mol. The van der Waals surface area contributed by atoms with Crippen LogP contribution >= 0.6 is 0 Å². The Morgan fingerprint density at radius 3 is 2.12 bits per heavy atom. The first-order valence-corrected chi connectivity index (χ1v) is 10.4. The van der Waals surface area contributed by atoms with Crippen molar-refractivity contribution in [3.8, 4) is 28.3 Å². The van der Waals surface area contributed by atoms with Crippen LogP contribution in [0, 0.1) is 31.3 Å². The number of anilines is 1. The minimum atomic E-state index is -1.56. The number of aromatic hydroxyl groups is 1. The third-order valence-corrected chi connectivity index (χ3v) is 5.53. The number of aromatic nitrogens is 2. The van der Waals surface area contributed by atoms with Gasteiger partial charge in [0.15, 0.2) is 23.3 Å². The number of carbonyl (C=O) groups is 1. The van der Waals surface area contributed by atoms with E-state index in [1.54, 1.807) is 12.1 Å². The van der Waals surface area contributed by atoms with Crippen molar-refractivity contribution in [2.45, 2.75) is 20.3 Å². The van der Waals surface area contributed by atoms with E-state index >= 15 is 0 Å². The second-order valence-electron chi connectivity index (χ2n) is 7.76. The summed E-state index contributed by atoms with van der Waals surface area (Å²) in [6.07, 6.45) is 1.12. The van der Waals surface area contributed by atoms with Crippen LogP contribution in [0.5, 0.6) is 5.75 Å². The molecule has 172 valence electrons. The topological polar surface area (TPSA) is 75.1 Å². The lowest BCUT2D eigenvalue weighted by atomic mass is 9.98. The Morgan fingerprint density at radius 1 is 0.882 bits per heavy atom. The fourth-order valence-corrected chi connectivity index (χ4v) is 3.62. The number of nitrogens with one attached hydrogen (secondary N) is 1. The molecular weight excluding hydrogens is 443 g/mol. The van der Waals surface area contributed by atoms with Gasteiger partial charge >= 0.3 is 0 Å². The molecule has 8 heteroatoms. The molecule has 0 aliphatic carbocycles. The maximum absolute atomic E-state index is 14.0. The molecule has 1 aromatic heterocycles. The molecule has 0 saturated carbocycles. The second kappa shape index (κ2) is 9.35. The van der Waals surface area contributed by atoms with E-state index in [0.717, 1.165) is 5.56 Å². The minimum Gasteiger partial charge on any atom is -0.508 e. The second-order valence-corrected chi connectivity index (χ2v) is 7.76. The van der Waals surface area contributed by atoms with Gasteiger partial charge < -0.3 is 10.4 Å². The standard InChI is InChI=1S/C26H20F3N3O2/c1-14-19(15(2)23(28)24(29)22(14)27)12-21(34)32-26-25(17-8-10-18(33)11-9-17)31-20(13-30-26)16-6-4-3-5-7-16/h3-11,13,33H,12H2,1-2H3,(H,30,32,34). The number of rotatable bonds is 5. The van der Waals surface area contributed by atoms with E-state index in [2.05, 4.69) is 15.3 Å². The number of nitrogens with zero attached hydrogens (tertiary/aromatic N) is 2. The van der Waals surface area contributed by atoms with Gasteiger partial charge in [-0.1, -0.05) is 30.3 Å². The Bertz CT molecular complexity index is 1350. The Morgan fingerprint density at radius 2 is 1.50 bits per heavy atom. The lowest BCUT2D eigenvalue weighted by Gasteiger charge is -2.14. The molecule has 0 radical (unpaired) electrons. The van der Waals surface area contributed by atoms with Crippen LogP contribution in [0.1, 0.15) is 16.7 Å². The molecule has 1 heterocycles. The zero-order valence-corrected chi connectivity index (χ0v) is 18.4. The lowest BCUT2D eigenvalue weighted by Crippen LogP contribution is -2.19. The SMILES string of the molecule is Cc1c(F)c(F)c(F)c(C)c1CC(=O)Nc1ncc(-c2ccccc2)nc1-c1ccc(O)cc1. The van der Waals surface area contributed by atoms with Gasteiger partial charge in [-0.25, -0.2) is 23.1 Å². The summed E-state index contributed by atoms with van der Waals surface area (Å²) >= 11 is 0. The van der Waals surface area contributed by atoms with Crippen LogP contribution < -0.4 is 5.32 Å². The van der Waals surface area contributed by atoms with E-state index in [9.17, 15) is 23.1 Å². The summed E-state index contributed by atoms with van der Waals surface area (Å²) in [5.41, 5.74) is 2.12. The van der Waals surface area contributed by atoms with E-state index in [1.807, 2.05) is 30.3 Å². The highest BCUT2D eigenvalue weighted by Crippen LogP contribution is 2.30. The zero-order chi connectivity index (χ0) is 24.4. The Kier molecular flexibility index (Phi) is 6.32. The molecule has 0 bridgehead atoms. The fourth-order valence-electron chi connectivity index (χ4n) is 3.62. The molecule has 0 aliphatic rings. The first-order valence-electron chi connectivity index (χ1n) is 10.4. The van der Waals surface area contributed by atoms with Crippen molar-refractivity contribution >= 4 is 11.7 Å². The highest BCUT2D eigenvalue weighted by molar-refractivity contribution is 5.95. The molecule has 5 nitrogen and oxygen atoms in total. The van der Waals surface area contributed by atoms with E-state index in [0.29, 0.717) is 17.0 Å². The van der Waals surface area contributed by atoms with Gasteiger partial charge in [0.2, 0.25) is 5.91 Å². The summed E-state index contributed by atoms with van der Waals surface area (Å²) in [5, 5.41) is 12.3. The number of amides is 1. The monoisotopic (exact) mass is 463 g/mol. The van der Waals surface area contributed by atoms with Crippen molar-refractivity contribution < 1.29 is 23.1 Å². The fraction of sp³-hybridized carbons (Fsp3) is 0.115. The predicted octanol–water partition coefficient (Wildman–Crippen LogP) is 5.73. The molecule has 34 heavy (non-hydrogen) atoms. The molecule has 1 amide bonds. The number of hydrogen-bond acceptors (Lipinski definition) is 4. The van der Waals surface area contributed by atoms with Crippen molar-refractivity contribution in [1.82, 2.24) is 9.97 Å². The maximum Gasteiger partial charge on any atom is 0.230 e. The molecule has 4 aromatic rings. The van der Waals surface area contributed by atoms with Crippen LogP contribution in [0.3, 0.4) is 0 Å². The van der Waals surface area contributed by atoms with Crippen LogP contribution in [-0.2, 0) is 11.2 Å². The molecule has 0 unspecified atom stereocenters. The van der Waals surface area contributed by atoms with Gasteiger partial charge in [0.1, 0.15) is 11.4 Å². The number of carbonyl (C=O) groups excluding carboxylic acids is 1. The van der Waals surface area contributed by atoms with Gasteiger partial charge in [0.25, 0.3) is 0 Å². The van der Waals surface area contributed by atoms with E-state index < -0.39 is 23.4 Å². The Labute approximate surface area is 194 Å². The molecular formula is C26H20F3N3O2. The van der Waals surface area contributed by atoms with Gasteiger partial charge in [-0.2, -0.15) is 0 Å². The quantitative estimate of drug-likeness (QED) is 0.371. The number of hydrogen-bond donors (Lipinski definition) is 2. The van der Waals surface area contributed by atoms with Crippen molar-refractivity contribution in [3.63, 3.8) is 0 Å². The molecule has 0 spiro atoms. The van der Waals surface area contributed by atoms with Crippen molar-refractivity contribution in [1.29, 1.82) is 0 Å². The van der Waals surface area contributed by atoms with E-state index in [-0.39, 0.29) is 34.7 Å². The van der Waals surface area contributed by atoms with Crippen LogP contribution in [0.15, 0.2) is 60.8 Å². The normalized spacial score (nSPS) is 10.9. The maximum atomic E-state index is 14.0. The van der Waals surface area contributed by atoms with Gasteiger partial charge in [0, 0.05) is 11.1 Å². The average Bonchev–Trinajstić information content (AvgIpc) is 2.85. The summed E-state index contributed by atoms with van der Waals surface area (Å²) in [7, 11) is 0. The summed E-state index contributed by atoms with van der Waals surface area (Å²) in [5.74, 6) is -4.60. The Balaban J connectivity index is 1.70. The Hall–Kier alpha value is -4.20. The van der Waals surface area contributed by atoms with Crippen LogP contribution in [-0.4, -0.2) is 21.0 Å². The van der Waals surface area contributed by atoms with Crippen LogP contribution in [0.4, 0.5) is 19.0 Å². The number of phenols is 1. The smallest absolute Gasteiger partial charge is 0.230 e. The van der Waals surface area contributed by atoms with Crippen molar-refractivity contribution in [2.75, 3.05) is 5.32 Å². The van der Waals surface area contributed by atoms with Crippen LogP contribution in [0.25, 0.3) is 22.5 Å². The molecule has 0 saturated heterocycles. The zero-order valence-electron chi connectivity index (χ0n) is 18.4. The number of benzene rings is 3. The van der Waals surface area contributed by atoms with Gasteiger partial charge in [0.05, 0.1) is 18.3 Å². The van der Waals surface area contributed by atoms with Crippen LogP contribution in [0.2, 0.25) is 0 Å². The van der Waals surface area contributed by atoms with Crippen molar-refractivity contribution in [2.24, 2.45) is 0 Å². The van der Waals surface area contributed by atoms with E-state index in [1.165, 1.54) is 32.2 Å². The summed E-state index contributed by atoms with van der Waals surface area (Å²) in [4.78, 5) is 21.8. The largest absolute Gasteiger partial charge is 0.508 e. The highest BCUT2D eigenvalue weighted by atomic mass is 19.2. The van der Waals surface area contributed by atoms with Gasteiger partial charge in [-0.05, 0) is 54.8 Å². The highest BCUT2D eigenvalue weighted by Gasteiger charge is 2.22. The van der Waals surface area contributed by atoms with E-state index in [4.69, 9.17) is 0 Å². The molecule has 0 aliphatic heterocycles. The molecule has 3 aromatic carbocycles. The van der Waals surface area contributed by atoms with Gasteiger partial charge in [-0.3, -0.25) is 4.79 Å². The first-order chi connectivity index (χ1) is 16.3. The third-order valence-electron chi connectivity index (χ3n) is 5.53. The van der Waals surface area contributed by atoms with Crippen molar-refractivity contribution in [3.05, 3.63) is 94.9 Å². The molecule has 2 N–H and O–H groups in total. The number of halogens is 3. The molecule has 0 atom stereocenters. The third kappa shape index (κ3) is 4.47. The summed E-state index contributed by atoms with van der Waals surface area (Å²) in [6, 6.07) is 15.5. The molecule has 0 fully saturated rings. The first kappa shape index (κ1) is 23.0. The number of phenolic OH excluding ortho intramolecular Hbond substituents is 1. The predicted molar refractivity (Wildman–Crippen MR) is 123 cm³/mol. The lowest BCUT2D eigenvalue weighted by molar-refractivity contribution is -0.115. The van der Waals surface area contributed by atoms with Gasteiger partial charge in [-0.15, -0.1) is 0 Å². The molecule has 4 rings (SSSR count).